The number of hydrogen-bond donors (Lipinski definition) is 1. The molecule has 0 bridgehead atoms. The molecule has 2 unspecified atom stereocenters. The average Bonchev–Trinajstić information content (AvgIpc) is 2.26. The lowest BCUT2D eigenvalue weighted by Crippen LogP contribution is -2.45. The Morgan fingerprint density at radius 3 is 2.62 bits per heavy atom. The zero-order valence-corrected chi connectivity index (χ0v) is 11.2. The molecule has 0 amide bonds. The van der Waals surface area contributed by atoms with E-state index < -0.39 is 10.0 Å². The Kier molecular flexibility index (Phi) is 5.21. The van der Waals surface area contributed by atoms with Crippen LogP contribution in [0.5, 0.6) is 0 Å². The summed E-state index contributed by atoms with van der Waals surface area (Å²) in [4.78, 5) is 0. The molecule has 1 aliphatic heterocycles. The molecular formula is C11H24N2O2S. The summed E-state index contributed by atoms with van der Waals surface area (Å²) >= 11 is 0. The molecule has 16 heavy (non-hydrogen) atoms. The normalized spacial score (nSPS) is 28.2. The third-order valence-electron chi connectivity index (χ3n) is 3.50. The van der Waals surface area contributed by atoms with Gasteiger partial charge in [0.15, 0.2) is 0 Å². The van der Waals surface area contributed by atoms with Crippen LogP contribution in [0.25, 0.3) is 0 Å². The lowest BCUT2D eigenvalue weighted by molar-refractivity contribution is 0.203. The van der Waals surface area contributed by atoms with Crippen LogP contribution < -0.4 is 5.73 Å². The molecule has 0 aromatic rings. The van der Waals surface area contributed by atoms with Crippen LogP contribution in [0.15, 0.2) is 0 Å². The lowest BCUT2D eigenvalue weighted by atomic mass is 9.88. The van der Waals surface area contributed by atoms with Crippen molar-refractivity contribution in [2.24, 2.45) is 17.6 Å². The summed E-state index contributed by atoms with van der Waals surface area (Å²) in [5.74, 6) is 1.16. The van der Waals surface area contributed by atoms with E-state index >= 15 is 0 Å². The Labute approximate surface area is 99.2 Å². The summed E-state index contributed by atoms with van der Waals surface area (Å²) in [6, 6.07) is 0. The fourth-order valence-corrected chi connectivity index (χ4v) is 3.97. The highest BCUT2D eigenvalue weighted by atomic mass is 32.2. The Morgan fingerprint density at radius 2 is 2.12 bits per heavy atom. The van der Waals surface area contributed by atoms with Gasteiger partial charge in [0.05, 0.1) is 5.75 Å². The molecule has 5 heteroatoms. The first kappa shape index (κ1) is 13.9. The Bertz CT molecular complexity index is 303. The van der Waals surface area contributed by atoms with E-state index in [1.54, 1.807) is 4.31 Å². The number of unbranched alkanes of at least 4 members (excludes halogenated alkanes) is 1. The van der Waals surface area contributed by atoms with Gasteiger partial charge >= 0.3 is 0 Å². The van der Waals surface area contributed by atoms with Gasteiger partial charge in [-0.3, -0.25) is 0 Å². The summed E-state index contributed by atoms with van der Waals surface area (Å²) in [6.45, 7) is 6.08. The van der Waals surface area contributed by atoms with Crippen LogP contribution in [0.3, 0.4) is 0 Å². The number of hydrogen-bond acceptors (Lipinski definition) is 3. The van der Waals surface area contributed by atoms with Gasteiger partial charge in [-0.2, -0.15) is 0 Å². The highest BCUT2D eigenvalue weighted by Gasteiger charge is 2.31. The first-order valence-electron chi connectivity index (χ1n) is 6.19. The zero-order valence-electron chi connectivity index (χ0n) is 10.4. The largest absolute Gasteiger partial charge is 0.330 e. The fraction of sp³-hybridized carbons (Fsp3) is 1.00. The summed E-state index contributed by atoms with van der Waals surface area (Å²) in [7, 11) is -3.02. The Hall–Kier alpha value is -0.130. The van der Waals surface area contributed by atoms with Gasteiger partial charge in [-0.15, -0.1) is 0 Å². The SMILES string of the molecule is CCCCS(=O)(=O)N1CCC(CN)C(C)C1. The van der Waals surface area contributed by atoms with E-state index in [9.17, 15) is 8.42 Å². The number of piperidine rings is 1. The van der Waals surface area contributed by atoms with Gasteiger partial charge in [0.1, 0.15) is 0 Å². The Balaban J connectivity index is 2.56. The molecule has 0 aromatic heterocycles. The molecule has 1 rings (SSSR count). The summed E-state index contributed by atoms with van der Waals surface area (Å²) < 4.78 is 25.6. The van der Waals surface area contributed by atoms with Crippen LogP contribution in [0.1, 0.15) is 33.1 Å². The van der Waals surface area contributed by atoms with Gasteiger partial charge in [-0.05, 0) is 31.2 Å². The molecule has 1 heterocycles. The van der Waals surface area contributed by atoms with Crippen molar-refractivity contribution in [2.75, 3.05) is 25.4 Å². The Morgan fingerprint density at radius 1 is 1.44 bits per heavy atom. The summed E-state index contributed by atoms with van der Waals surface area (Å²) in [5.41, 5.74) is 5.66. The van der Waals surface area contributed by atoms with Crippen molar-refractivity contribution in [2.45, 2.75) is 33.1 Å². The predicted molar refractivity (Wildman–Crippen MR) is 66.6 cm³/mol. The fourth-order valence-electron chi connectivity index (χ4n) is 2.21. The standard InChI is InChI=1S/C11H24N2O2S/c1-3-4-7-16(14,15)13-6-5-11(8-12)10(2)9-13/h10-11H,3-9,12H2,1-2H3. The molecule has 2 N–H and O–H groups in total. The quantitative estimate of drug-likeness (QED) is 0.790. The maximum atomic E-state index is 12.0. The first-order valence-corrected chi connectivity index (χ1v) is 7.80. The van der Waals surface area contributed by atoms with Crippen LogP contribution in [0.2, 0.25) is 0 Å². The number of nitrogens with two attached hydrogens (primary N) is 1. The van der Waals surface area contributed by atoms with Crippen molar-refractivity contribution in [3.8, 4) is 0 Å². The first-order chi connectivity index (χ1) is 7.51. The summed E-state index contributed by atoms with van der Waals surface area (Å²) in [5, 5.41) is 0. The number of sulfonamides is 1. The van der Waals surface area contributed by atoms with E-state index in [4.69, 9.17) is 5.73 Å². The average molecular weight is 248 g/mol. The summed E-state index contributed by atoms with van der Waals surface area (Å²) in [6.07, 6.45) is 2.59. The zero-order chi connectivity index (χ0) is 12.2. The van der Waals surface area contributed by atoms with Crippen molar-refractivity contribution in [3.63, 3.8) is 0 Å². The molecule has 96 valence electrons. The van der Waals surface area contributed by atoms with Gasteiger partial charge in [0.2, 0.25) is 10.0 Å². The van der Waals surface area contributed by atoms with Crippen molar-refractivity contribution >= 4 is 10.0 Å². The van der Waals surface area contributed by atoms with E-state index in [1.807, 2.05) is 6.92 Å². The minimum Gasteiger partial charge on any atom is -0.330 e. The van der Waals surface area contributed by atoms with E-state index in [-0.39, 0.29) is 0 Å². The molecule has 0 radical (unpaired) electrons. The van der Waals surface area contributed by atoms with E-state index in [2.05, 4.69) is 6.92 Å². The second kappa shape index (κ2) is 5.98. The molecule has 0 spiro atoms. The van der Waals surface area contributed by atoms with Crippen LogP contribution in [-0.2, 0) is 10.0 Å². The smallest absolute Gasteiger partial charge is 0.214 e. The number of nitrogens with zero attached hydrogens (tertiary/aromatic N) is 1. The molecule has 1 fully saturated rings. The highest BCUT2D eigenvalue weighted by Crippen LogP contribution is 2.24. The van der Waals surface area contributed by atoms with Crippen molar-refractivity contribution in [1.29, 1.82) is 0 Å². The van der Waals surface area contributed by atoms with Gasteiger partial charge in [0, 0.05) is 13.1 Å². The molecule has 1 saturated heterocycles. The van der Waals surface area contributed by atoms with E-state index in [0.717, 1.165) is 19.3 Å². The molecule has 4 nitrogen and oxygen atoms in total. The van der Waals surface area contributed by atoms with Gasteiger partial charge in [0.25, 0.3) is 0 Å². The number of rotatable bonds is 5. The van der Waals surface area contributed by atoms with Crippen LogP contribution in [0, 0.1) is 11.8 Å². The minimum absolute atomic E-state index is 0.295. The van der Waals surface area contributed by atoms with Crippen molar-refractivity contribution < 1.29 is 8.42 Å². The van der Waals surface area contributed by atoms with Crippen LogP contribution >= 0.6 is 0 Å². The second-order valence-corrected chi connectivity index (χ2v) is 6.88. The maximum absolute atomic E-state index is 12.0. The minimum atomic E-state index is -3.02. The molecule has 2 atom stereocenters. The monoisotopic (exact) mass is 248 g/mol. The molecule has 0 saturated carbocycles. The molecular weight excluding hydrogens is 224 g/mol. The second-order valence-electron chi connectivity index (χ2n) is 4.79. The van der Waals surface area contributed by atoms with E-state index in [0.29, 0.717) is 37.2 Å². The van der Waals surface area contributed by atoms with Crippen LogP contribution in [0.4, 0.5) is 0 Å². The lowest BCUT2D eigenvalue weighted by Gasteiger charge is -2.35. The molecule has 0 aliphatic carbocycles. The highest BCUT2D eigenvalue weighted by molar-refractivity contribution is 7.89. The molecule has 0 aromatic carbocycles. The van der Waals surface area contributed by atoms with Gasteiger partial charge < -0.3 is 5.73 Å². The third kappa shape index (κ3) is 3.43. The third-order valence-corrected chi connectivity index (χ3v) is 5.42. The van der Waals surface area contributed by atoms with Crippen molar-refractivity contribution in [3.05, 3.63) is 0 Å². The van der Waals surface area contributed by atoms with Gasteiger partial charge in [-0.1, -0.05) is 20.3 Å². The van der Waals surface area contributed by atoms with Crippen LogP contribution in [-0.4, -0.2) is 38.1 Å². The predicted octanol–water partition coefficient (Wildman–Crippen LogP) is 1.03. The topological polar surface area (TPSA) is 63.4 Å². The maximum Gasteiger partial charge on any atom is 0.214 e. The molecule has 1 aliphatic rings. The van der Waals surface area contributed by atoms with E-state index in [1.165, 1.54) is 0 Å². The van der Waals surface area contributed by atoms with Gasteiger partial charge in [-0.25, -0.2) is 12.7 Å². The van der Waals surface area contributed by atoms with Crippen molar-refractivity contribution in [1.82, 2.24) is 4.31 Å².